The van der Waals surface area contributed by atoms with Crippen LogP contribution in [0.3, 0.4) is 0 Å². The van der Waals surface area contributed by atoms with Gasteiger partial charge in [-0.05, 0) is 24.3 Å². The fourth-order valence-electron chi connectivity index (χ4n) is 3.63. The Hall–Kier alpha value is -1.72. The highest BCUT2D eigenvalue weighted by molar-refractivity contribution is 7.09. The van der Waals surface area contributed by atoms with Gasteiger partial charge in [-0.25, -0.2) is 4.98 Å². The number of carboxylic acids is 1. The number of thiazole rings is 1. The number of carboxylic acid groups (broad SMARTS) is 1. The van der Waals surface area contributed by atoms with Crippen molar-refractivity contribution in [2.45, 2.75) is 64.5 Å². The van der Waals surface area contributed by atoms with E-state index in [0.717, 1.165) is 22.8 Å². The second-order valence-electron chi connectivity index (χ2n) is 7.46. The molecule has 0 atom stereocenters. The summed E-state index contributed by atoms with van der Waals surface area (Å²) < 4.78 is 0. The maximum atomic E-state index is 11.0. The minimum Gasteiger partial charge on any atom is -0.481 e. The molecule has 2 aromatic rings. The third-order valence-electron chi connectivity index (χ3n) is 5.22. The Morgan fingerprint density at radius 1 is 1.27 bits per heavy atom. The highest BCUT2D eigenvalue weighted by Gasteiger charge is 2.24. The van der Waals surface area contributed by atoms with Crippen molar-refractivity contribution < 1.29 is 9.90 Å². The summed E-state index contributed by atoms with van der Waals surface area (Å²) in [7, 11) is 0. The predicted molar refractivity (Wildman–Crippen MR) is 107 cm³/mol. The molecule has 4 nitrogen and oxygen atoms in total. The van der Waals surface area contributed by atoms with E-state index >= 15 is 0 Å². The lowest BCUT2D eigenvalue weighted by atomic mass is 10.0. The molecule has 0 unspecified atom stereocenters. The molecule has 0 amide bonds. The summed E-state index contributed by atoms with van der Waals surface area (Å²) in [5.41, 5.74) is 3.50. The number of rotatable bonds is 8. The monoisotopic (exact) mass is 372 g/mol. The lowest BCUT2D eigenvalue weighted by molar-refractivity contribution is -0.137. The third kappa shape index (κ3) is 4.92. The number of hydrogen-bond acceptors (Lipinski definition) is 4. The molecule has 3 rings (SSSR count). The molecule has 140 valence electrons. The van der Waals surface area contributed by atoms with Gasteiger partial charge in [0.2, 0.25) is 0 Å². The maximum absolute atomic E-state index is 11.0. The van der Waals surface area contributed by atoms with Crippen LogP contribution in [0.4, 0.5) is 0 Å². The first kappa shape index (κ1) is 19.1. The summed E-state index contributed by atoms with van der Waals surface area (Å²) in [6, 6.07) is 9.15. The van der Waals surface area contributed by atoms with Gasteiger partial charge >= 0.3 is 5.97 Å². The van der Waals surface area contributed by atoms with Crippen LogP contribution in [-0.4, -0.2) is 33.5 Å². The summed E-state index contributed by atoms with van der Waals surface area (Å²) in [6.07, 6.45) is 5.05. The lowest BCUT2D eigenvalue weighted by Gasteiger charge is -2.27. The van der Waals surface area contributed by atoms with Crippen LogP contribution in [0.2, 0.25) is 0 Å². The largest absolute Gasteiger partial charge is 0.481 e. The molecule has 1 saturated carbocycles. The van der Waals surface area contributed by atoms with Crippen LogP contribution < -0.4 is 0 Å². The van der Waals surface area contributed by atoms with Crippen LogP contribution in [0, 0.1) is 0 Å². The molecule has 1 aromatic heterocycles. The first-order chi connectivity index (χ1) is 12.5. The Morgan fingerprint density at radius 3 is 2.58 bits per heavy atom. The van der Waals surface area contributed by atoms with Crippen molar-refractivity contribution in [3.05, 3.63) is 40.2 Å². The molecule has 0 spiro atoms. The van der Waals surface area contributed by atoms with Crippen LogP contribution in [-0.2, 0) is 11.3 Å². The van der Waals surface area contributed by atoms with Crippen molar-refractivity contribution in [2.75, 3.05) is 6.54 Å². The molecule has 0 bridgehead atoms. The second-order valence-corrected chi connectivity index (χ2v) is 8.40. The predicted octanol–water partition coefficient (Wildman–Crippen LogP) is 5.15. The van der Waals surface area contributed by atoms with E-state index in [0.29, 0.717) is 18.5 Å². The van der Waals surface area contributed by atoms with Gasteiger partial charge in [-0.1, -0.05) is 51.0 Å². The summed E-state index contributed by atoms with van der Waals surface area (Å²) in [6.45, 7) is 5.76. The van der Waals surface area contributed by atoms with Crippen LogP contribution >= 0.6 is 11.3 Å². The van der Waals surface area contributed by atoms with E-state index in [1.165, 1.54) is 31.2 Å². The molecule has 1 N–H and O–H groups in total. The minimum atomic E-state index is -0.724. The van der Waals surface area contributed by atoms with Crippen LogP contribution in [0.1, 0.15) is 62.4 Å². The van der Waals surface area contributed by atoms with Gasteiger partial charge in [0, 0.05) is 23.5 Å². The van der Waals surface area contributed by atoms with Gasteiger partial charge in [0.25, 0.3) is 0 Å². The zero-order chi connectivity index (χ0) is 18.5. The average Bonchev–Trinajstić information content (AvgIpc) is 3.30. The number of aromatic nitrogens is 1. The Balaban J connectivity index is 1.69. The zero-order valence-corrected chi connectivity index (χ0v) is 16.5. The average molecular weight is 373 g/mol. The van der Waals surface area contributed by atoms with Gasteiger partial charge in [0.15, 0.2) is 0 Å². The third-order valence-corrected chi connectivity index (χ3v) is 6.05. The van der Waals surface area contributed by atoms with Crippen LogP contribution in [0.5, 0.6) is 0 Å². The van der Waals surface area contributed by atoms with E-state index < -0.39 is 5.97 Å². The second kappa shape index (κ2) is 8.78. The molecule has 0 saturated heterocycles. The Labute approximate surface area is 159 Å². The molecule has 0 radical (unpaired) electrons. The SMILES string of the molecule is CC(C)c1ccc(-c2csc(CN(CCC(=O)O)C3CCCC3)n2)cc1. The molecular formula is C21H28N2O2S. The normalized spacial score (nSPS) is 15.2. The minimum absolute atomic E-state index is 0.200. The summed E-state index contributed by atoms with van der Waals surface area (Å²) in [5.74, 6) is -0.192. The van der Waals surface area contributed by atoms with Crippen molar-refractivity contribution in [2.24, 2.45) is 0 Å². The Morgan fingerprint density at radius 2 is 1.96 bits per heavy atom. The molecule has 1 fully saturated rings. The van der Waals surface area contributed by atoms with Gasteiger partial charge in [-0.2, -0.15) is 0 Å². The van der Waals surface area contributed by atoms with Gasteiger partial charge < -0.3 is 5.11 Å². The van der Waals surface area contributed by atoms with Gasteiger partial charge in [0.05, 0.1) is 18.7 Å². The molecular weight excluding hydrogens is 344 g/mol. The molecule has 5 heteroatoms. The standard InChI is InChI=1S/C21H28N2O2S/c1-15(2)16-7-9-17(10-8-16)19-14-26-20(22-19)13-23(12-11-21(24)25)18-5-3-4-6-18/h7-10,14-15,18H,3-6,11-13H2,1-2H3,(H,24,25). The van der Waals surface area contributed by atoms with Crippen molar-refractivity contribution in [3.8, 4) is 11.3 Å². The highest BCUT2D eigenvalue weighted by Crippen LogP contribution is 2.28. The van der Waals surface area contributed by atoms with Crippen molar-refractivity contribution in [1.82, 2.24) is 9.88 Å². The molecule has 1 aliphatic carbocycles. The molecule has 26 heavy (non-hydrogen) atoms. The summed E-state index contributed by atoms with van der Waals surface area (Å²) >= 11 is 1.68. The quantitative estimate of drug-likeness (QED) is 0.696. The summed E-state index contributed by atoms with van der Waals surface area (Å²) in [4.78, 5) is 18.1. The fraction of sp³-hybridized carbons (Fsp3) is 0.524. The number of carbonyl (C=O) groups is 1. The Kier molecular flexibility index (Phi) is 6.43. The van der Waals surface area contributed by atoms with Crippen molar-refractivity contribution >= 4 is 17.3 Å². The molecule has 0 aliphatic heterocycles. The lowest BCUT2D eigenvalue weighted by Crippen LogP contribution is -2.34. The fourth-order valence-corrected chi connectivity index (χ4v) is 4.46. The molecule has 1 heterocycles. The summed E-state index contributed by atoms with van der Waals surface area (Å²) in [5, 5.41) is 12.2. The first-order valence-corrected chi connectivity index (χ1v) is 10.4. The molecule has 1 aromatic carbocycles. The van der Waals surface area contributed by atoms with Gasteiger partial charge in [-0.15, -0.1) is 11.3 Å². The van der Waals surface area contributed by atoms with E-state index in [1.54, 1.807) is 11.3 Å². The van der Waals surface area contributed by atoms with Crippen LogP contribution in [0.15, 0.2) is 29.6 Å². The topological polar surface area (TPSA) is 53.4 Å². The van der Waals surface area contributed by atoms with E-state index in [4.69, 9.17) is 10.1 Å². The van der Waals surface area contributed by atoms with Crippen LogP contribution in [0.25, 0.3) is 11.3 Å². The number of nitrogens with zero attached hydrogens (tertiary/aromatic N) is 2. The van der Waals surface area contributed by atoms with E-state index in [-0.39, 0.29) is 6.42 Å². The number of hydrogen-bond donors (Lipinski definition) is 1. The maximum Gasteiger partial charge on any atom is 0.304 e. The van der Waals surface area contributed by atoms with E-state index in [2.05, 4.69) is 48.4 Å². The first-order valence-electron chi connectivity index (χ1n) is 9.53. The van der Waals surface area contributed by atoms with Crippen molar-refractivity contribution in [3.63, 3.8) is 0 Å². The van der Waals surface area contributed by atoms with Gasteiger partial charge in [-0.3, -0.25) is 9.69 Å². The molecule has 1 aliphatic rings. The number of aliphatic carboxylic acids is 1. The Bertz CT molecular complexity index is 718. The zero-order valence-electron chi connectivity index (χ0n) is 15.6. The smallest absolute Gasteiger partial charge is 0.304 e. The highest BCUT2D eigenvalue weighted by atomic mass is 32.1. The van der Waals surface area contributed by atoms with Crippen molar-refractivity contribution in [1.29, 1.82) is 0 Å². The van der Waals surface area contributed by atoms with E-state index in [1.807, 2.05) is 0 Å². The van der Waals surface area contributed by atoms with Gasteiger partial charge in [0.1, 0.15) is 5.01 Å². The van der Waals surface area contributed by atoms with E-state index in [9.17, 15) is 4.79 Å². The number of benzene rings is 1.